The van der Waals surface area contributed by atoms with Crippen LogP contribution in [0.1, 0.15) is 56.5 Å². The molecule has 20 heavy (non-hydrogen) atoms. The SMILES string of the molecule is CCCCCCc1ccc(-c2ccc(CCC)s2)cn1. The highest BCUT2D eigenvalue weighted by atomic mass is 32.1. The molecule has 0 saturated carbocycles. The zero-order valence-electron chi connectivity index (χ0n) is 12.7. The number of pyridine rings is 1. The second kappa shape index (κ2) is 8.21. The van der Waals surface area contributed by atoms with Gasteiger partial charge < -0.3 is 0 Å². The Kier molecular flexibility index (Phi) is 6.25. The molecule has 0 unspecified atom stereocenters. The van der Waals surface area contributed by atoms with Gasteiger partial charge in [0.2, 0.25) is 0 Å². The monoisotopic (exact) mass is 287 g/mol. The molecule has 2 aromatic heterocycles. The van der Waals surface area contributed by atoms with E-state index in [4.69, 9.17) is 0 Å². The van der Waals surface area contributed by atoms with E-state index in [1.807, 2.05) is 17.5 Å². The lowest BCUT2D eigenvalue weighted by Gasteiger charge is -2.02. The van der Waals surface area contributed by atoms with Crippen LogP contribution in [0.2, 0.25) is 0 Å². The summed E-state index contributed by atoms with van der Waals surface area (Å²) in [6.45, 7) is 4.48. The van der Waals surface area contributed by atoms with Gasteiger partial charge in [-0.25, -0.2) is 0 Å². The third kappa shape index (κ3) is 4.45. The van der Waals surface area contributed by atoms with Crippen LogP contribution in [0.5, 0.6) is 0 Å². The van der Waals surface area contributed by atoms with E-state index >= 15 is 0 Å². The Morgan fingerprint density at radius 3 is 2.50 bits per heavy atom. The lowest BCUT2D eigenvalue weighted by atomic mass is 10.1. The van der Waals surface area contributed by atoms with Gasteiger partial charge in [0, 0.05) is 27.2 Å². The van der Waals surface area contributed by atoms with Crippen LogP contribution in [-0.4, -0.2) is 4.98 Å². The molecule has 0 aliphatic rings. The molecule has 0 fully saturated rings. The maximum atomic E-state index is 4.61. The van der Waals surface area contributed by atoms with Gasteiger partial charge in [-0.2, -0.15) is 0 Å². The predicted octanol–water partition coefficient (Wildman–Crippen LogP) is 5.89. The predicted molar refractivity (Wildman–Crippen MR) is 89.4 cm³/mol. The van der Waals surface area contributed by atoms with Crippen molar-refractivity contribution >= 4 is 11.3 Å². The first-order valence-corrected chi connectivity index (χ1v) is 8.69. The number of thiophene rings is 1. The van der Waals surface area contributed by atoms with Gasteiger partial charge in [-0.3, -0.25) is 4.98 Å². The highest BCUT2D eigenvalue weighted by molar-refractivity contribution is 7.15. The van der Waals surface area contributed by atoms with Crippen LogP contribution in [0.4, 0.5) is 0 Å². The van der Waals surface area contributed by atoms with Gasteiger partial charge in [0.15, 0.2) is 0 Å². The summed E-state index contributed by atoms with van der Waals surface area (Å²) in [6, 6.07) is 8.90. The highest BCUT2D eigenvalue weighted by Crippen LogP contribution is 2.28. The van der Waals surface area contributed by atoms with Gasteiger partial charge in [-0.05, 0) is 37.5 Å². The van der Waals surface area contributed by atoms with E-state index < -0.39 is 0 Å². The van der Waals surface area contributed by atoms with Gasteiger partial charge in [-0.15, -0.1) is 11.3 Å². The van der Waals surface area contributed by atoms with Gasteiger partial charge in [0.05, 0.1) is 0 Å². The van der Waals surface area contributed by atoms with Crippen molar-refractivity contribution in [1.29, 1.82) is 0 Å². The Hall–Kier alpha value is -1.15. The first kappa shape index (κ1) is 15.2. The second-order valence-electron chi connectivity index (χ2n) is 5.36. The Bertz CT molecular complexity index is 498. The van der Waals surface area contributed by atoms with Crippen molar-refractivity contribution in [1.82, 2.24) is 4.98 Å². The van der Waals surface area contributed by atoms with E-state index in [0.29, 0.717) is 0 Å². The Morgan fingerprint density at radius 1 is 0.900 bits per heavy atom. The summed E-state index contributed by atoms with van der Waals surface area (Å²) in [5.74, 6) is 0. The number of unbranched alkanes of at least 4 members (excludes halogenated alkanes) is 3. The Morgan fingerprint density at radius 2 is 1.80 bits per heavy atom. The number of hydrogen-bond acceptors (Lipinski definition) is 2. The molecule has 2 heteroatoms. The molecule has 0 spiro atoms. The molecule has 1 nitrogen and oxygen atoms in total. The smallest absolute Gasteiger partial charge is 0.0404 e. The Labute approximate surface area is 127 Å². The molecule has 0 aromatic carbocycles. The van der Waals surface area contributed by atoms with E-state index in [-0.39, 0.29) is 0 Å². The molecular formula is C18H25NS. The molecule has 0 N–H and O–H groups in total. The third-order valence-electron chi connectivity index (χ3n) is 3.55. The van der Waals surface area contributed by atoms with Crippen LogP contribution in [0.15, 0.2) is 30.5 Å². The van der Waals surface area contributed by atoms with Crippen molar-refractivity contribution in [2.24, 2.45) is 0 Å². The zero-order valence-corrected chi connectivity index (χ0v) is 13.5. The van der Waals surface area contributed by atoms with Crippen molar-refractivity contribution in [3.63, 3.8) is 0 Å². The summed E-state index contributed by atoms with van der Waals surface area (Å²) in [5, 5.41) is 0. The fourth-order valence-corrected chi connectivity index (χ4v) is 3.46. The number of aromatic nitrogens is 1. The van der Waals surface area contributed by atoms with Crippen molar-refractivity contribution in [2.45, 2.75) is 58.8 Å². The summed E-state index contributed by atoms with van der Waals surface area (Å²) < 4.78 is 0. The topological polar surface area (TPSA) is 12.9 Å². The fraction of sp³-hybridized carbons (Fsp3) is 0.500. The summed E-state index contributed by atoms with van der Waals surface area (Å²) in [5.41, 5.74) is 2.49. The molecule has 2 heterocycles. The minimum absolute atomic E-state index is 1.12. The molecule has 0 aliphatic carbocycles. The standard InChI is InChI=1S/C18H25NS/c1-3-5-6-7-9-16-11-10-15(14-19-16)18-13-12-17(20-18)8-4-2/h10-14H,3-9H2,1-2H3. The maximum absolute atomic E-state index is 4.61. The van der Waals surface area contributed by atoms with Crippen molar-refractivity contribution < 1.29 is 0 Å². The molecule has 0 saturated heterocycles. The normalized spacial score (nSPS) is 10.9. The number of hydrogen-bond donors (Lipinski definition) is 0. The summed E-state index contributed by atoms with van der Waals surface area (Å²) in [7, 11) is 0. The van der Waals surface area contributed by atoms with Crippen LogP contribution in [-0.2, 0) is 12.8 Å². The van der Waals surface area contributed by atoms with Crippen LogP contribution in [0.25, 0.3) is 10.4 Å². The molecule has 0 aliphatic heterocycles. The summed E-state index contributed by atoms with van der Waals surface area (Å²) in [6.07, 6.45) is 10.8. The van der Waals surface area contributed by atoms with E-state index in [1.165, 1.54) is 59.5 Å². The molecule has 0 atom stereocenters. The molecule has 0 amide bonds. The largest absolute Gasteiger partial charge is 0.261 e. The van der Waals surface area contributed by atoms with Gasteiger partial charge in [-0.1, -0.05) is 45.6 Å². The zero-order chi connectivity index (χ0) is 14.2. The van der Waals surface area contributed by atoms with E-state index in [1.54, 1.807) is 0 Å². The van der Waals surface area contributed by atoms with Crippen LogP contribution in [0.3, 0.4) is 0 Å². The van der Waals surface area contributed by atoms with E-state index in [2.05, 4.69) is 43.1 Å². The average molecular weight is 287 g/mol. The lowest BCUT2D eigenvalue weighted by molar-refractivity contribution is 0.661. The van der Waals surface area contributed by atoms with Crippen LogP contribution in [0, 0.1) is 0 Å². The second-order valence-corrected chi connectivity index (χ2v) is 6.53. The lowest BCUT2D eigenvalue weighted by Crippen LogP contribution is -1.90. The van der Waals surface area contributed by atoms with Crippen molar-refractivity contribution in [3.8, 4) is 10.4 Å². The van der Waals surface area contributed by atoms with Gasteiger partial charge in [0.25, 0.3) is 0 Å². The molecule has 0 radical (unpaired) electrons. The summed E-state index contributed by atoms with van der Waals surface area (Å²) in [4.78, 5) is 7.44. The first-order valence-electron chi connectivity index (χ1n) is 7.87. The number of aryl methyl sites for hydroxylation is 2. The van der Waals surface area contributed by atoms with Crippen LogP contribution >= 0.6 is 11.3 Å². The van der Waals surface area contributed by atoms with Crippen molar-refractivity contribution in [3.05, 3.63) is 41.0 Å². The van der Waals surface area contributed by atoms with Gasteiger partial charge in [0.1, 0.15) is 0 Å². The third-order valence-corrected chi connectivity index (χ3v) is 4.75. The quantitative estimate of drug-likeness (QED) is 0.552. The maximum Gasteiger partial charge on any atom is 0.0404 e. The number of nitrogens with zero attached hydrogens (tertiary/aromatic N) is 1. The molecule has 0 bridgehead atoms. The molecule has 2 aromatic rings. The average Bonchev–Trinajstić information content (AvgIpc) is 2.93. The van der Waals surface area contributed by atoms with Crippen molar-refractivity contribution in [2.75, 3.05) is 0 Å². The summed E-state index contributed by atoms with van der Waals surface area (Å²) >= 11 is 1.90. The fourth-order valence-electron chi connectivity index (χ4n) is 2.36. The molecule has 2 rings (SSSR count). The molecule has 108 valence electrons. The first-order chi connectivity index (χ1) is 9.83. The Balaban J connectivity index is 1.93. The van der Waals surface area contributed by atoms with E-state index in [9.17, 15) is 0 Å². The number of rotatable bonds is 8. The van der Waals surface area contributed by atoms with E-state index in [0.717, 1.165) is 6.42 Å². The highest BCUT2D eigenvalue weighted by Gasteiger charge is 2.03. The minimum Gasteiger partial charge on any atom is -0.261 e. The minimum atomic E-state index is 1.12. The van der Waals surface area contributed by atoms with Crippen LogP contribution < -0.4 is 0 Å². The molecular weight excluding hydrogens is 262 g/mol. The van der Waals surface area contributed by atoms with Gasteiger partial charge >= 0.3 is 0 Å².